The molecule has 15 heavy (non-hydrogen) atoms. The molecule has 0 spiro atoms. The first kappa shape index (κ1) is 10.0. The summed E-state index contributed by atoms with van der Waals surface area (Å²) in [5.74, 6) is -0.335. The number of benzene rings is 1. The van der Waals surface area contributed by atoms with Crippen molar-refractivity contribution in [2.75, 3.05) is 6.61 Å². The molecule has 3 nitrogen and oxygen atoms in total. The smallest absolute Gasteiger partial charge is 0.341 e. The molecule has 2 rings (SSSR count). The predicted octanol–water partition coefficient (Wildman–Crippen LogP) is 2.20. The van der Waals surface area contributed by atoms with Crippen LogP contribution < -0.4 is 4.74 Å². The molecule has 0 heterocycles. The number of carbonyl (C=O) groups is 1. The molecule has 1 aromatic rings. The summed E-state index contributed by atoms with van der Waals surface area (Å²) in [4.78, 5) is 10.3. The van der Waals surface area contributed by atoms with Crippen molar-refractivity contribution in [3.05, 3.63) is 29.8 Å². The van der Waals surface area contributed by atoms with Crippen LogP contribution in [0.15, 0.2) is 24.3 Å². The average Bonchev–Trinajstić information content (AvgIpc) is 2.96. The van der Waals surface area contributed by atoms with Gasteiger partial charge in [-0.15, -0.1) is 0 Å². The SMILES string of the molecule is CC1(c2ccc(OCC(=O)O)cc2)CC1. The first-order valence-electron chi connectivity index (χ1n) is 5.05. The van der Waals surface area contributed by atoms with Crippen LogP contribution in [-0.2, 0) is 10.2 Å². The fraction of sp³-hybridized carbons (Fsp3) is 0.417. The Morgan fingerprint density at radius 2 is 2.00 bits per heavy atom. The molecule has 1 saturated carbocycles. The van der Waals surface area contributed by atoms with Crippen LogP contribution in [0, 0.1) is 0 Å². The summed E-state index contributed by atoms with van der Waals surface area (Å²) in [6.45, 7) is 1.96. The van der Waals surface area contributed by atoms with Gasteiger partial charge in [0.15, 0.2) is 6.61 Å². The number of hydrogen-bond donors (Lipinski definition) is 1. The lowest BCUT2D eigenvalue weighted by atomic mass is 9.99. The highest BCUT2D eigenvalue weighted by atomic mass is 16.5. The van der Waals surface area contributed by atoms with Crippen molar-refractivity contribution < 1.29 is 14.6 Å². The van der Waals surface area contributed by atoms with E-state index in [0.717, 1.165) is 0 Å². The summed E-state index contributed by atoms with van der Waals surface area (Å²) in [5.41, 5.74) is 1.66. The van der Waals surface area contributed by atoms with Gasteiger partial charge >= 0.3 is 5.97 Å². The van der Waals surface area contributed by atoms with Crippen LogP contribution in [0.2, 0.25) is 0 Å². The second-order valence-corrected chi connectivity index (χ2v) is 4.27. The van der Waals surface area contributed by atoms with Gasteiger partial charge in [0.05, 0.1) is 0 Å². The second-order valence-electron chi connectivity index (χ2n) is 4.27. The van der Waals surface area contributed by atoms with Crippen LogP contribution >= 0.6 is 0 Å². The number of ether oxygens (including phenoxy) is 1. The van der Waals surface area contributed by atoms with Gasteiger partial charge in [-0.05, 0) is 36.0 Å². The van der Waals surface area contributed by atoms with Gasteiger partial charge in [-0.25, -0.2) is 4.79 Å². The van der Waals surface area contributed by atoms with Gasteiger partial charge in [0.25, 0.3) is 0 Å². The zero-order valence-corrected chi connectivity index (χ0v) is 8.69. The summed E-state index contributed by atoms with van der Waals surface area (Å²) in [6, 6.07) is 7.71. The van der Waals surface area contributed by atoms with Gasteiger partial charge < -0.3 is 9.84 Å². The molecule has 0 radical (unpaired) electrons. The maximum atomic E-state index is 10.3. The van der Waals surface area contributed by atoms with Crippen molar-refractivity contribution in [1.29, 1.82) is 0 Å². The Morgan fingerprint density at radius 3 is 2.47 bits per heavy atom. The zero-order valence-electron chi connectivity index (χ0n) is 8.69. The summed E-state index contributed by atoms with van der Waals surface area (Å²) < 4.78 is 5.06. The van der Waals surface area contributed by atoms with Crippen molar-refractivity contribution in [3.63, 3.8) is 0 Å². The van der Waals surface area contributed by atoms with Crippen LogP contribution in [0.1, 0.15) is 25.3 Å². The lowest BCUT2D eigenvalue weighted by molar-refractivity contribution is -0.139. The molecule has 0 aliphatic heterocycles. The molecule has 80 valence electrons. The molecule has 0 bridgehead atoms. The Balaban J connectivity index is 2.01. The van der Waals surface area contributed by atoms with Crippen molar-refractivity contribution in [2.45, 2.75) is 25.2 Å². The summed E-state index contributed by atoms with van der Waals surface area (Å²) in [6.07, 6.45) is 2.48. The van der Waals surface area contributed by atoms with Gasteiger partial charge in [-0.2, -0.15) is 0 Å². The average molecular weight is 206 g/mol. The summed E-state index contributed by atoms with van der Waals surface area (Å²) in [7, 11) is 0. The molecule has 3 heteroatoms. The minimum Gasteiger partial charge on any atom is -0.482 e. The number of carboxylic acids is 1. The van der Waals surface area contributed by atoms with E-state index in [2.05, 4.69) is 6.92 Å². The predicted molar refractivity (Wildman–Crippen MR) is 56.2 cm³/mol. The molecular weight excluding hydrogens is 192 g/mol. The number of rotatable bonds is 4. The molecule has 1 aliphatic rings. The Kier molecular flexibility index (Phi) is 2.39. The lowest BCUT2D eigenvalue weighted by Crippen LogP contribution is -2.09. The Hall–Kier alpha value is -1.51. The zero-order chi connectivity index (χ0) is 10.9. The maximum Gasteiger partial charge on any atom is 0.341 e. The van der Waals surface area contributed by atoms with Gasteiger partial charge in [-0.1, -0.05) is 19.1 Å². The van der Waals surface area contributed by atoms with Crippen LogP contribution in [-0.4, -0.2) is 17.7 Å². The third kappa shape index (κ3) is 2.29. The van der Waals surface area contributed by atoms with Gasteiger partial charge in [-0.3, -0.25) is 0 Å². The number of carboxylic acid groups (broad SMARTS) is 1. The van der Waals surface area contributed by atoms with Gasteiger partial charge in [0, 0.05) is 0 Å². The largest absolute Gasteiger partial charge is 0.482 e. The topological polar surface area (TPSA) is 46.5 Å². The van der Waals surface area contributed by atoms with E-state index in [1.807, 2.05) is 24.3 Å². The monoisotopic (exact) mass is 206 g/mol. The molecular formula is C12H14O3. The van der Waals surface area contributed by atoms with E-state index in [1.165, 1.54) is 18.4 Å². The highest BCUT2D eigenvalue weighted by Gasteiger charge is 2.38. The molecule has 1 N–H and O–H groups in total. The molecule has 0 atom stereocenters. The summed E-state index contributed by atoms with van der Waals surface area (Å²) >= 11 is 0. The van der Waals surface area contributed by atoms with Gasteiger partial charge in [0.2, 0.25) is 0 Å². The quantitative estimate of drug-likeness (QED) is 0.821. The Morgan fingerprint density at radius 1 is 1.40 bits per heavy atom. The Labute approximate surface area is 88.7 Å². The van der Waals surface area contributed by atoms with E-state index in [4.69, 9.17) is 9.84 Å². The number of aliphatic carboxylic acids is 1. The third-order valence-electron chi connectivity index (χ3n) is 2.91. The van der Waals surface area contributed by atoms with Crippen molar-refractivity contribution in [1.82, 2.24) is 0 Å². The molecule has 1 aromatic carbocycles. The van der Waals surface area contributed by atoms with E-state index in [1.54, 1.807) is 0 Å². The lowest BCUT2D eigenvalue weighted by Gasteiger charge is -2.09. The van der Waals surface area contributed by atoms with E-state index in [9.17, 15) is 4.79 Å². The molecule has 0 amide bonds. The molecule has 0 aromatic heterocycles. The van der Waals surface area contributed by atoms with Gasteiger partial charge in [0.1, 0.15) is 5.75 Å². The normalized spacial score (nSPS) is 17.1. The molecule has 0 unspecified atom stereocenters. The first-order chi connectivity index (χ1) is 7.10. The van der Waals surface area contributed by atoms with Crippen LogP contribution in [0.25, 0.3) is 0 Å². The van der Waals surface area contributed by atoms with E-state index >= 15 is 0 Å². The van der Waals surface area contributed by atoms with Crippen LogP contribution in [0.3, 0.4) is 0 Å². The highest BCUT2D eigenvalue weighted by molar-refractivity contribution is 5.68. The number of hydrogen-bond acceptors (Lipinski definition) is 2. The first-order valence-corrected chi connectivity index (χ1v) is 5.05. The van der Waals surface area contributed by atoms with Crippen molar-refractivity contribution in [2.24, 2.45) is 0 Å². The van der Waals surface area contributed by atoms with E-state index < -0.39 is 5.97 Å². The fourth-order valence-electron chi connectivity index (χ4n) is 1.57. The maximum absolute atomic E-state index is 10.3. The minimum atomic E-state index is -0.951. The molecule has 1 aliphatic carbocycles. The second kappa shape index (κ2) is 3.57. The summed E-state index contributed by atoms with van der Waals surface area (Å²) in [5, 5.41) is 8.44. The third-order valence-corrected chi connectivity index (χ3v) is 2.91. The minimum absolute atomic E-state index is 0.281. The van der Waals surface area contributed by atoms with E-state index in [0.29, 0.717) is 11.2 Å². The van der Waals surface area contributed by atoms with Crippen LogP contribution in [0.5, 0.6) is 5.75 Å². The molecule has 1 fully saturated rings. The highest BCUT2D eigenvalue weighted by Crippen LogP contribution is 2.47. The fourth-order valence-corrected chi connectivity index (χ4v) is 1.57. The Bertz CT molecular complexity index is 363. The van der Waals surface area contributed by atoms with E-state index in [-0.39, 0.29) is 6.61 Å². The van der Waals surface area contributed by atoms with Crippen molar-refractivity contribution >= 4 is 5.97 Å². The molecule has 0 saturated heterocycles. The van der Waals surface area contributed by atoms with Crippen LogP contribution in [0.4, 0.5) is 0 Å². The van der Waals surface area contributed by atoms with Crippen molar-refractivity contribution in [3.8, 4) is 5.75 Å². The standard InChI is InChI=1S/C12H14O3/c1-12(6-7-12)9-2-4-10(5-3-9)15-8-11(13)14/h2-5H,6-8H2,1H3,(H,13,14).